The van der Waals surface area contributed by atoms with Crippen molar-refractivity contribution in [3.63, 3.8) is 0 Å². The fourth-order valence-electron chi connectivity index (χ4n) is 1.30. The summed E-state index contributed by atoms with van der Waals surface area (Å²) in [5, 5.41) is 15.3. The summed E-state index contributed by atoms with van der Waals surface area (Å²) in [5.41, 5.74) is 0.454. The summed E-state index contributed by atoms with van der Waals surface area (Å²) >= 11 is 0. The fourth-order valence-corrected chi connectivity index (χ4v) is 1.30. The van der Waals surface area contributed by atoms with E-state index in [4.69, 9.17) is 11.5 Å². The molecule has 1 aromatic rings. The zero-order valence-electron chi connectivity index (χ0n) is 9.60. The standard InChI is InChI=1S/C11H13N3O3/c1-4-5-12-10(15)8(3)14-6-9(11(16)17)7(2)13-14/h1,6,8H,5H2,2-3H3,(H,12,15)(H,16,17). The zero-order valence-corrected chi connectivity index (χ0v) is 9.60. The summed E-state index contributed by atoms with van der Waals surface area (Å²) in [4.78, 5) is 22.4. The number of aromatic carboxylic acids is 1. The maximum Gasteiger partial charge on any atom is 0.339 e. The number of aryl methyl sites for hydroxylation is 1. The molecular formula is C11H13N3O3. The zero-order chi connectivity index (χ0) is 13.0. The number of hydrogen-bond donors (Lipinski definition) is 2. The first kappa shape index (κ1) is 12.8. The van der Waals surface area contributed by atoms with Gasteiger partial charge in [0.15, 0.2) is 0 Å². The number of nitrogens with zero attached hydrogens (tertiary/aromatic N) is 2. The summed E-state index contributed by atoms with van der Waals surface area (Å²) in [7, 11) is 0. The maximum absolute atomic E-state index is 11.6. The Balaban J connectivity index is 2.86. The first-order valence-electron chi connectivity index (χ1n) is 4.97. The van der Waals surface area contributed by atoms with Gasteiger partial charge in [0.2, 0.25) is 5.91 Å². The first-order chi connectivity index (χ1) is 7.97. The number of rotatable bonds is 4. The number of hydrogen-bond acceptors (Lipinski definition) is 3. The van der Waals surface area contributed by atoms with Crippen LogP contribution >= 0.6 is 0 Å². The van der Waals surface area contributed by atoms with Crippen LogP contribution in [0.1, 0.15) is 29.0 Å². The van der Waals surface area contributed by atoms with Crippen LogP contribution in [0.2, 0.25) is 0 Å². The van der Waals surface area contributed by atoms with Gasteiger partial charge in [-0.3, -0.25) is 9.48 Å². The molecule has 2 N–H and O–H groups in total. The van der Waals surface area contributed by atoms with Crippen molar-refractivity contribution in [3.05, 3.63) is 17.5 Å². The number of carboxylic acids is 1. The molecule has 6 heteroatoms. The van der Waals surface area contributed by atoms with E-state index in [9.17, 15) is 9.59 Å². The molecule has 0 bridgehead atoms. The summed E-state index contributed by atoms with van der Waals surface area (Å²) < 4.78 is 1.31. The van der Waals surface area contributed by atoms with Crippen LogP contribution in [0.3, 0.4) is 0 Å². The summed E-state index contributed by atoms with van der Waals surface area (Å²) in [5.74, 6) is 0.916. The van der Waals surface area contributed by atoms with Gasteiger partial charge >= 0.3 is 5.97 Å². The van der Waals surface area contributed by atoms with Gasteiger partial charge in [0, 0.05) is 6.20 Å². The minimum Gasteiger partial charge on any atom is -0.478 e. The third-order valence-electron chi connectivity index (χ3n) is 2.29. The van der Waals surface area contributed by atoms with E-state index in [0.717, 1.165) is 0 Å². The van der Waals surface area contributed by atoms with Crippen LogP contribution in [-0.4, -0.2) is 33.3 Å². The van der Waals surface area contributed by atoms with Crippen molar-refractivity contribution < 1.29 is 14.7 Å². The summed E-state index contributed by atoms with van der Waals surface area (Å²) in [6.07, 6.45) is 6.35. The molecule has 0 aromatic carbocycles. The average Bonchev–Trinajstić information content (AvgIpc) is 2.67. The number of carbonyl (C=O) groups is 2. The molecule has 0 spiro atoms. The van der Waals surface area contributed by atoms with E-state index in [1.165, 1.54) is 10.9 Å². The Hall–Kier alpha value is -2.29. The highest BCUT2D eigenvalue weighted by atomic mass is 16.4. The molecule has 0 aliphatic rings. The third kappa shape index (κ3) is 2.84. The first-order valence-corrected chi connectivity index (χ1v) is 4.97. The lowest BCUT2D eigenvalue weighted by molar-refractivity contribution is -0.123. The number of nitrogens with one attached hydrogen (secondary N) is 1. The molecule has 0 saturated carbocycles. The van der Waals surface area contributed by atoms with Crippen molar-refractivity contribution in [2.45, 2.75) is 19.9 Å². The number of aromatic nitrogens is 2. The fraction of sp³-hybridized carbons (Fsp3) is 0.364. The SMILES string of the molecule is C#CCNC(=O)C(C)n1cc(C(=O)O)c(C)n1. The van der Waals surface area contributed by atoms with Crippen molar-refractivity contribution in [3.8, 4) is 12.3 Å². The van der Waals surface area contributed by atoms with Gasteiger partial charge in [-0.15, -0.1) is 6.42 Å². The third-order valence-corrected chi connectivity index (χ3v) is 2.29. The van der Waals surface area contributed by atoms with Gasteiger partial charge < -0.3 is 10.4 Å². The van der Waals surface area contributed by atoms with E-state index in [2.05, 4.69) is 16.3 Å². The molecule has 90 valence electrons. The lowest BCUT2D eigenvalue weighted by Gasteiger charge is -2.10. The average molecular weight is 235 g/mol. The van der Waals surface area contributed by atoms with E-state index < -0.39 is 12.0 Å². The van der Waals surface area contributed by atoms with Crippen LogP contribution in [-0.2, 0) is 4.79 Å². The lowest BCUT2D eigenvalue weighted by atomic mass is 10.3. The maximum atomic E-state index is 11.6. The van der Waals surface area contributed by atoms with Crippen LogP contribution in [0.4, 0.5) is 0 Å². The van der Waals surface area contributed by atoms with E-state index in [0.29, 0.717) is 5.69 Å². The molecule has 6 nitrogen and oxygen atoms in total. The Morgan fingerprint density at radius 2 is 2.35 bits per heavy atom. The number of carbonyl (C=O) groups excluding carboxylic acids is 1. The predicted molar refractivity (Wildman–Crippen MR) is 60.5 cm³/mol. The molecule has 1 aromatic heterocycles. The Morgan fingerprint density at radius 3 is 2.82 bits per heavy atom. The number of terminal acetylenes is 1. The van der Waals surface area contributed by atoms with Gasteiger partial charge in [-0.25, -0.2) is 4.79 Å². The second-order valence-electron chi connectivity index (χ2n) is 3.51. The minimum atomic E-state index is -1.06. The highest BCUT2D eigenvalue weighted by Gasteiger charge is 2.19. The normalized spacial score (nSPS) is 11.6. The van der Waals surface area contributed by atoms with Crippen LogP contribution in [0.25, 0.3) is 0 Å². The highest BCUT2D eigenvalue weighted by molar-refractivity contribution is 5.88. The summed E-state index contributed by atoms with van der Waals surface area (Å²) in [6.45, 7) is 3.32. The molecule has 1 amide bonds. The van der Waals surface area contributed by atoms with Gasteiger partial charge in [-0.2, -0.15) is 5.10 Å². The number of carboxylic acid groups (broad SMARTS) is 1. The molecule has 0 aliphatic heterocycles. The van der Waals surface area contributed by atoms with Gasteiger partial charge in [-0.1, -0.05) is 5.92 Å². The van der Waals surface area contributed by atoms with Gasteiger partial charge in [0.05, 0.1) is 12.2 Å². The molecule has 0 fully saturated rings. The van der Waals surface area contributed by atoms with E-state index in [1.54, 1.807) is 13.8 Å². The molecule has 1 rings (SSSR count). The quantitative estimate of drug-likeness (QED) is 0.730. The van der Waals surface area contributed by atoms with E-state index in [1.807, 2.05) is 0 Å². The van der Waals surface area contributed by atoms with Crippen LogP contribution in [0, 0.1) is 19.3 Å². The Morgan fingerprint density at radius 1 is 1.71 bits per heavy atom. The van der Waals surface area contributed by atoms with Crippen molar-refractivity contribution in [2.24, 2.45) is 0 Å². The van der Waals surface area contributed by atoms with E-state index >= 15 is 0 Å². The molecule has 17 heavy (non-hydrogen) atoms. The van der Waals surface area contributed by atoms with Crippen molar-refractivity contribution in [1.82, 2.24) is 15.1 Å². The topological polar surface area (TPSA) is 84.2 Å². The van der Waals surface area contributed by atoms with Gasteiger partial charge in [0.25, 0.3) is 0 Å². The molecule has 0 radical (unpaired) electrons. The Bertz CT molecular complexity index is 485. The van der Waals surface area contributed by atoms with E-state index in [-0.39, 0.29) is 18.0 Å². The van der Waals surface area contributed by atoms with Crippen LogP contribution in [0.5, 0.6) is 0 Å². The van der Waals surface area contributed by atoms with Crippen molar-refractivity contribution in [1.29, 1.82) is 0 Å². The molecule has 1 atom stereocenters. The second kappa shape index (κ2) is 5.16. The molecule has 1 heterocycles. The monoisotopic (exact) mass is 235 g/mol. The van der Waals surface area contributed by atoms with Crippen molar-refractivity contribution >= 4 is 11.9 Å². The predicted octanol–water partition coefficient (Wildman–Crippen LogP) is 0.200. The Labute approximate surface area is 98.6 Å². The van der Waals surface area contributed by atoms with Gasteiger partial charge in [-0.05, 0) is 13.8 Å². The lowest BCUT2D eigenvalue weighted by Crippen LogP contribution is -2.31. The van der Waals surface area contributed by atoms with Gasteiger partial charge in [0.1, 0.15) is 11.6 Å². The smallest absolute Gasteiger partial charge is 0.339 e. The largest absolute Gasteiger partial charge is 0.478 e. The highest BCUT2D eigenvalue weighted by Crippen LogP contribution is 2.11. The molecular weight excluding hydrogens is 222 g/mol. The molecule has 0 aliphatic carbocycles. The molecule has 0 saturated heterocycles. The second-order valence-corrected chi connectivity index (χ2v) is 3.51. The summed E-state index contributed by atoms with van der Waals surface area (Å²) in [6, 6.07) is -0.602. The van der Waals surface area contributed by atoms with Crippen molar-refractivity contribution in [2.75, 3.05) is 6.54 Å². The molecule has 1 unspecified atom stereocenters. The van der Waals surface area contributed by atoms with Crippen LogP contribution in [0.15, 0.2) is 6.20 Å². The number of amides is 1. The minimum absolute atomic E-state index is 0.0848. The Kier molecular flexibility index (Phi) is 3.88. The van der Waals surface area contributed by atoms with Crippen LogP contribution < -0.4 is 5.32 Å².